The highest BCUT2D eigenvalue weighted by Crippen LogP contribution is 2.13. The summed E-state index contributed by atoms with van der Waals surface area (Å²) < 4.78 is 1.94. The van der Waals surface area contributed by atoms with Gasteiger partial charge in [-0.15, -0.1) is 0 Å². The van der Waals surface area contributed by atoms with Crippen LogP contribution in [0.25, 0.3) is 0 Å². The lowest BCUT2D eigenvalue weighted by atomic mass is 10.1. The average Bonchev–Trinajstić information content (AvgIpc) is 2.74. The summed E-state index contributed by atoms with van der Waals surface area (Å²) in [6.45, 7) is 7.45. The zero-order chi connectivity index (χ0) is 13.5. The Bertz CT molecular complexity index is 337. The summed E-state index contributed by atoms with van der Waals surface area (Å²) in [5.74, 6) is 0. The van der Waals surface area contributed by atoms with E-state index in [-0.39, 0.29) is 18.2 Å². The molecule has 0 spiro atoms. The molecule has 1 rings (SSSR count). The van der Waals surface area contributed by atoms with Crippen molar-refractivity contribution in [3.05, 3.63) is 18.0 Å². The molecule has 0 radical (unpaired) electrons. The number of hydrogen-bond acceptors (Lipinski definition) is 4. The van der Waals surface area contributed by atoms with Gasteiger partial charge in [-0.05, 0) is 26.7 Å². The first-order chi connectivity index (χ1) is 8.56. The van der Waals surface area contributed by atoms with Crippen LogP contribution in [-0.4, -0.2) is 33.6 Å². The fourth-order valence-corrected chi connectivity index (χ4v) is 2.13. The molecule has 104 valence electrons. The van der Waals surface area contributed by atoms with Gasteiger partial charge in [-0.25, -0.2) is 0 Å². The molecule has 0 aliphatic carbocycles. The number of rotatable bonds is 8. The second-order valence-corrected chi connectivity index (χ2v) is 4.98. The van der Waals surface area contributed by atoms with Gasteiger partial charge in [-0.1, -0.05) is 6.92 Å². The Labute approximate surface area is 109 Å². The number of aliphatic hydroxyl groups is 1. The Balaban J connectivity index is 2.58. The quantitative estimate of drug-likeness (QED) is 0.648. The summed E-state index contributed by atoms with van der Waals surface area (Å²) in [5.41, 5.74) is 6.92. The molecule has 0 amide bonds. The van der Waals surface area contributed by atoms with Gasteiger partial charge in [0, 0.05) is 36.9 Å². The Hall–Kier alpha value is -0.910. The Morgan fingerprint density at radius 2 is 2.22 bits per heavy atom. The highest BCUT2D eigenvalue weighted by Gasteiger charge is 2.15. The lowest BCUT2D eigenvalue weighted by molar-refractivity contribution is 0.168. The fraction of sp³-hybridized carbons (Fsp3) is 0.769. The molecule has 1 heterocycles. The largest absolute Gasteiger partial charge is 0.393 e. The maximum absolute atomic E-state index is 9.37. The molecular weight excluding hydrogens is 228 g/mol. The van der Waals surface area contributed by atoms with E-state index in [0.29, 0.717) is 6.54 Å². The average molecular weight is 254 g/mol. The topological polar surface area (TPSA) is 76.1 Å². The minimum atomic E-state index is -0.297. The monoisotopic (exact) mass is 254 g/mol. The summed E-state index contributed by atoms with van der Waals surface area (Å²) in [4.78, 5) is 0. The Morgan fingerprint density at radius 1 is 1.50 bits per heavy atom. The van der Waals surface area contributed by atoms with Gasteiger partial charge in [0.05, 0.1) is 12.3 Å². The van der Waals surface area contributed by atoms with Crippen molar-refractivity contribution in [3.8, 4) is 0 Å². The summed E-state index contributed by atoms with van der Waals surface area (Å²) >= 11 is 0. The van der Waals surface area contributed by atoms with Crippen molar-refractivity contribution in [3.63, 3.8) is 0 Å². The fourth-order valence-electron chi connectivity index (χ4n) is 2.13. The van der Waals surface area contributed by atoms with Crippen LogP contribution in [0.4, 0.5) is 0 Å². The summed E-state index contributed by atoms with van der Waals surface area (Å²) in [7, 11) is 0. The van der Waals surface area contributed by atoms with Crippen LogP contribution < -0.4 is 11.1 Å². The molecule has 5 heteroatoms. The zero-order valence-electron chi connectivity index (χ0n) is 11.6. The SMILES string of the molecule is CCCn1cc(C(CN)NC(C)CC(C)O)cn1. The molecule has 0 aliphatic heterocycles. The number of aliphatic hydroxyl groups excluding tert-OH is 1. The van der Waals surface area contributed by atoms with Gasteiger partial charge in [0.25, 0.3) is 0 Å². The molecule has 1 aromatic heterocycles. The molecular formula is C13H26N4O. The van der Waals surface area contributed by atoms with Crippen LogP contribution in [0, 0.1) is 0 Å². The van der Waals surface area contributed by atoms with Crippen molar-refractivity contribution >= 4 is 0 Å². The highest BCUT2D eigenvalue weighted by molar-refractivity contribution is 5.11. The molecule has 3 atom stereocenters. The molecule has 0 aromatic carbocycles. The summed E-state index contributed by atoms with van der Waals surface area (Å²) in [6, 6.07) is 0.331. The van der Waals surface area contributed by atoms with Crippen molar-refractivity contribution in [1.29, 1.82) is 0 Å². The number of aromatic nitrogens is 2. The molecule has 0 fully saturated rings. The predicted molar refractivity (Wildman–Crippen MR) is 73.2 cm³/mol. The van der Waals surface area contributed by atoms with E-state index in [4.69, 9.17) is 5.73 Å². The molecule has 5 nitrogen and oxygen atoms in total. The van der Waals surface area contributed by atoms with Gasteiger partial charge >= 0.3 is 0 Å². The minimum absolute atomic E-state index is 0.101. The molecule has 3 unspecified atom stereocenters. The van der Waals surface area contributed by atoms with Crippen LogP contribution >= 0.6 is 0 Å². The van der Waals surface area contributed by atoms with Crippen LogP contribution in [0.3, 0.4) is 0 Å². The van der Waals surface area contributed by atoms with Crippen LogP contribution in [0.2, 0.25) is 0 Å². The number of nitrogens with zero attached hydrogens (tertiary/aromatic N) is 2. The molecule has 0 saturated carbocycles. The standard InChI is InChI=1S/C13H26N4O/c1-4-5-17-9-12(8-15-17)13(7-14)16-10(2)6-11(3)18/h8-11,13,16,18H,4-7,14H2,1-3H3. The smallest absolute Gasteiger partial charge is 0.0538 e. The van der Waals surface area contributed by atoms with Gasteiger partial charge in [-0.2, -0.15) is 5.10 Å². The van der Waals surface area contributed by atoms with E-state index in [9.17, 15) is 5.11 Å². The van der Waals surface area contributed by atoms with E-state index in [1.165, 1.54) is 0 Å². The van der Waals surface area contributed by atoms with Crippen molar-refractivity contribution in [2.24, 2.45) is 5.73 Å². The zero-order valence-corrected chi connectivity index (χ0v) is 11.6. The van der Waals surface area contributed by atoms with Crippen LogP contribution in [0.5, 0.6) is 0 Å². The van der Waals surface area contributed by atoms with Gasteiger partial charge in [0.15, 0.2) is 0 Å². The summed E-state index contributed by atoms with van der Waals surface area (Å²) in [5, 5.41) is 17.1. The van der Waals surface area contributed by atoms with E-state index in [0.717, 1.165) is 24.9 Å². The third kappa shape index (κ3) is 4.76. The van der Waals surface area contributed by atoms with E-state index in [1.807, 2.05) is 17.1 Å². The molecule has 18 heavy (non-hydrogen) atoms. The lowest BCUT2D eigenvalue weighted by Gasteiger charge is -2.22. The molecule has 0 aliphatic rings. The first-order valence-corrected chi connectivity index (χ1v) is 6.73. The van der Waals surface area contributed by atoms with Crippen molar-refractivity contribution in [2.75, 3.05) is 6.54 Å². The Kier molecular flexibility index (Phi) is 6.32. The second kappa shape index (κ2) is 7.51. The first-order valence-electron chi connectivity index (χ1n) is 6.73. The molecule has 4 N–H and O–H groups in total. The van der Waals surface area contributed by atoms with Crippen molar-refractivity contribution < 1.29 is 5.11 Å². The predicted octanol–water partition coefficient (Wildman–Crippen LogP) is 1.04. The van der Waals surface area contributed by atoms with Crippen LogP contribution in [0.1, 0.15) is 45.2 Å². The van der Waals surface area contributed by atoms with Gasteiger partial charge < -0.3 is 16.2 Å². The highest BCUT2D eigenvalue weighted by atomic mass is 16.3. The van der Waals surface area contributed by atoms with E-state index in [2.05, 4.69) is 24.3 Å². The molecule has 0 saturated heterocycles. The maximum Gasteiger partial charge on any atom is 0.0538 e. The van der Waals surface area contributed by atoms with Gasteiger partial charge in [-0.3, -0.25) is 4.68 Å². The third-order valence-corrected chi connectivity index (χ3v) is 2.92. The first kappa shape index (κ1) is 15.1. The number of nitrogens with two attached hydrogens (primary N) is 1. The normalized spacial score (nSPS) is 16.5. The van der Waals surface area contributed by atoms with Crippen LogP contribution in [-0.2, 0) is 6.54 Å². The van der Waals surface area contributed by atoms with E-state index < -0.39 is 0 Å². The van der Waals surface area contributed by atoms with Gasteiger partial charge in [0.1, 0.15) is 0 Å². The number of nitrogens with one attached hydrogen (secondary N) is 1. The minimum Gasteiger partial charge on any atom is -0.393 e. The van der Waals surface area contributed by atoms with E-state index in [1.54, 1.807) is 6.92 Å². The Morgan fingerprint density at radius 3 is 2.78 bits per heavy atom. The van der Waals surface area contributed by atoms with Crippen LogP contribution in [0.15, 0.2) is 12.4 Å². The number of aryl methyl sites for hydroxylation is 1. The van der Waals surface area contributed by atoms with E-state index >= 15 is 0 Å². The summed E-state index contributed by atoms with van der Waals surface area (Å²) in [6.07, 6.45) is 5.41. The second-order valence-electron chi connectivity index (χ2n) is 4.98. The number of hydrogen-bond donors (Lipinski definition) is 3. The molecule has 1 aromatic rings. The van der Waals surface area contributed by atoms with Gasteiger partial charge in [0.2, 0.25) is 0 Å². The van der Waals surface area contributed by atoms with Crippen molar-refractivity contribution in [1.82, 2.24) is 15.1 Å². The third-order valence-electron chi connectivity index (χ3n) is 2.92. The molecule has 0 bridgehead atoms. The van der Waals surface area contributed by atoms with Crippen molar-refractivity contribution in [2.45, 2.75) is 58.3 Å². The maximum atomic E-state index is 9.37. The lowest BCUT2D eigenvalue weighted by Crippen LogP contribution is -2.36.